The van der Waals surface area contributed by atoms with Crippen LogP contribution in [0.3, 0.4) is 0 Å². The van der Waals surface area contributed by atoms with Crippen LogP contribution in [0.4, 0.5) is 17.1 Å². The molecule has 1 saturated heterocycles. The van der Waals surface area contributed by atoms with E-state index in [0.29, 0.717) is 30.1 Å². The van der Waals surface area contributed by atoms with Crippen LogP contribution >= 0.6 is 0 Å². The molecule has 2 aromatic carbocycles. The van der Waals surface area contributed by atoms with Gasteiger partial charge in [0.05, 0.1) is 6.07 Å². The van der Waals surface area contributed by atoms with E-state index in [1.165, 1.54) is 0 Å². The number of benzene rings is 2. The van der Waals surface area contributed by atoms with E-state index in [4.69, 9.17) is 5.26 Å². The summed E-state index contributed by atoms with van der Waals surface area (Å²) in [5.41, 5.74) is 2.10. The standard InChI is InChI=1S/C24H27N5O2/c1-28(2)21-11-14-29(15-21)20-9-7-18(8-10-20)26-22(30)17-3-5-19(6-4-17)27-23(31)24(16-25)12-13-24/h3-10,21H,11-15H2,1-2H3,(H,26,30)(H,27,31). The number of nitriles is 1. The van der Waals surface area contributed by atoms with Crippen molar-refractivity contribution in [3.05, 3.63) is 54.1 Å². The van der Waals surface area contributed by atoms with Gasteiger partial charge in [0, 0.05) is 41.8 Å². The topological polar surface area (TPSA) is 88.5 Å². The number of likely N-dealkylation sites (N-methyl/N-ethyl adjacent to an activating group) is 1. The average molecular weight is 418 g/mol. The lowest BCUT2D eigenvalue weighted by Crippen LogP contribution is -2.31. The van der Waals surface area contributed by atoms with E-state index in [1.54, 1.807) is 24.3 Å². The zero-order valence-electron chi connectivity index (χ0n) is 17.9. The zero-order valence-corrected chi connectivity index (χ0v) is 17.9. The van der Waals surface area contributed by atoms with E-state index in [9.17, 15) is 9.59 Å². The maximum Gasteiger partial charge on any atom is 0.255 e. The Hall–Kier alpha value is -3.37. The molecular weight excluding hydrogens is 390 g/mol. The molecular formula is C24H27N5O2. The quantitative estimate of drug-likeness (QED) is 0.753. The molecule has 1 aliphatic carbocycles. The minimum atomic E-state index is -0.870. The van der Waals surface area contributed by atoms with Crippen molar-refractivity contribution in [2.45, 2.75) is 25.3 Å². The van der Waals surface area contributed by atoms with Crippen LogP contribution in [-0.2, 0) is 4.79 Å². The highest BCUT2D eigenvalue weighted by Gasteiger charge is 2.50. The summed E-state index contributed by atoms with van der Waals surface area (Å²) in [6, 6.07) is 17.2. The Labute approximate surface area is 182 Å². The van der Waals surface area contributed by atoms with Gasteiger partial charge < -0.3 is 20.4 Å². The molecule has 7 nitrogen and oxygen atoms in total. The number of carbonyl (C=O) groups is 2. The number of hydrogen-bond acceptors (Lipinski definition) is 5. The predicted molar refractivity (Wildman–Crippen MR) is 121 cm³/mol. The number of anilines is 3. The Kier molecular flexibility index (Phi) is 5.66. The van der Waals surface area contributed by atoms with Gasteiger partial charge in [0.1, 0.15) is 5.41 Å². The van der Waals surface area contributed by atoms with Gasteiger partial charge in [-0.2, -0.15) is 5.26 Å². The fourth-order valence-electron chi connectivity index (χ4n) is 3.83. The highest BCUT2D eigenvalue weighted by Crippen LogP contribution is 2.45. The lowest BCUT2D eigenvalue weighted by molar-refractivity contribution is -0.119. The molecule has 31 heavy (non-hydrogen) atoms. The molecule has 1 aliphatic heterocycles. The zero-order chi connectivity index (χ0) is 22.0. The Morgan fingerprint density at radius 1 is 1.03 bits per heavy atom. The summed E-state index contributed by atoms with van der Waals surface area (Å²) < 4.78 is 0. The van der Waals surface area contributed by atoms with Gasteiger partial charge >= 0.3 is 0 Å². The van der Waals surface area contributed by atoms with Gasteiger partial charge in [-0.05, 0) is 81.9 Å². The minimum Gasteiger partial charge on any atom is -0.370 e. The Morgan fingerprint density at radius 3 is 2.19 bits per heavy atom. The Morgan fingerprint density at radius 2 is 1.65 bits per heavy atom. The lowest BCUT2D eigenvalue weighted by Gasteiger charge is -2.22. The summed E-state index contributed by atoms with van der Waals surface area (Å²) in [5, 5.41) is 14.8. The second-order valence-electron chi connectivity index (χ2n) is 8.58. The molecule has 1 unspecified atom stereocenters. The molecule has 1 atom stereocenters. The molecule has 2 N–H and O–H groups in total. The number of rotatable bonds is 6. The van der Waals surface area contributed by atoms with Crippen LogP contribution in [0, 0.1) is 16.7 Å². The minimum absolute atomic E-state index is 0.213. The van der Waals surface area contributed by atoms with Crippen LogP contribution in [0.2, 0.25) is 0 Å². The van der Waals surface area contributed by atoms with Crippen LogP contribution in [0.25, 0.3) is 0 Å². The smallest absolute Gasteiger partial charge is 0.255 e. The Bertz CT molecular complexity index is 1000. The van der Waals surface area contributed by atoms with E-state index >= 15 is 0 Å². The van der Waals surface area contributed by atoms with E-state index in [1.807, 2.05) is 24.3 Å². The van der Waals surface area contributed by atoms with Gasteiger partial charge in [-0.1, -0.05) is 0 Å². The number of nitrogens with zero attached hydrogens (tertiary/aromatic N) is 3. The molecule has 1 saturated carbocycles. The van der Waals surface area contributed by atoms with Crippen LogP contribution < -0.4 is 15.5 Å². The SMILES string of the molecule is CN(C)C1CCN(c2ccc(NC(=O)c3ccc(NC(=O)C4(C#N)CC4)cc3)cc2)C1. The molecule has 160 valence electrons. The third-order valence-corrected chi connectivity index (χ3v) is 6.19. The maximum atomic E-state index is 12.6. The third kappa shape index (κ3) is 4.54. The molecule has 2 amide bonds. The Balaban J connectivity index is 1.33. The lowest BCUT2D eigenvalue weighted by atomic mass is 10.1. The fraction of sp³-hybridized carbons (Fsp3) is 0.375. The van der Waals surface area contributed by atoms with Gasteiger partial charge in [0.15, 0.2) is 0 Å². The van der Waals surface area contributed by atoms with Gasteiger partial charge in [0.2, 0.25) is 5.91 Å². The molecule has 0 radical (unpaired) electrons. The highest BCUT2D eigenvalue weighted by molar-refractivity contribution is 6.05. The molecule has 4 rings (SSSR count). The van der Waals surface area contributed by atoms with E-state index in [2.05, 4.69) is 40.6 Å². The molecule has 0 spiro atoms. The van der Waals surface area contributed by atoms with Crippen molar-refractivity contribution < 1.29 is 9.59 Å². The van der Waals surface area contributed by atoms with Gasteiger partial charge in [-0.3, -0.25) is 9.59 Å². The first-order chi connectivity index (χ1) is 14.9. The first kappa shape index (κ1) is 20.9. The molecule has 2 aliphatic rings. The number of hydrogen-bond donors (Lipinski definition) is 2. The summed E-state index contributed by atoms with van der Waals surface area (Å²) in [5.74, 6) is -0.489. The van der Waals surface area contributed by atoms with Gasteiger partial charge in [0.25, 0.3) is 5.91 Å². The fourth-order valence-corrected chi connectivity index (χ4v) is 3.83. The van der Waals surface area contributed by atoms with E-state index in [-0.39, 0.29) is 11.8 Å². The molecule has 2 fully saturated rings. The first-order valence-electron chi connectivity index (χ1n) is 10.6. The van der Waals surface area contributed by atoms with Crippen LogP contribution in [0.15, 0.2) is 48.5 Å². The highest BCUT2D eigenvalue weighted by atomic mass is 16.2. The van der Waals surface area contributed by atoms with Crippen molar-refractivity contribution in [2.75, 3.05) is 42.7 Å². The van der Waals surface area contributed by atoms with Crippen LogP contribution in [0.5, 0.6) is 0 Å². The van der Waals surface area contributed by atoms with Crippen molar-refractivity contribution in [1.29, 1.82) is 5.26 Å². The van der Waals surface area contributed by atoms with Gasteiger partial charge in [-0.25, -0.2) is 0 Å². The van der Waals surface area contributed by atoms with Crippen molar-refractivity contribution in [1.82, 2.24) is 4.90 Å². The number of carbonyl (C=O) groups excluding carboxylic acids is 2. The third-order valence-electron chi connectivity index (χ3n) is 6.19. The summed E-state index contributed by atoms with van der Waals surface area (Å²) in [4.78, 5) is 29.3. The van der Waals surface area contributed by atoms with Crippen molar-refractivity contribution in [2.24, 2.45) is 5.41 Å². The van der Waals surface area contributed by atoms with Crippen molar-refractivity contribution >= 4 is 28.9 Å². The van der Waals surface area contributed by atoms with Crippen molar-refractivity contribution in [3.63, 3.8) is 0 Å². The summed E-state index contributed by atoms with van der Waals surface area (Å²) >= 11 is 0. The first-order valence-corrected chi connectivity index (χ1v) is 10.6. The van der Waals surface area contributed by atoms with E-state index < -0.39 is 5.41 Å². The second-order valence-corrected chi connectivity index (χ2v) is 8.58. The second kappa shape index (κ2) is 8.40. The van der Waals surface area contributed by atoms with Crippen LogP contribution in [-0.4, -0.2) is 49.9 Å². The number of nitrogens with one attached hydrogen (secondary N) is 2. The summed E-state index contributed by atoms with van der Waals surface area (Å²) in [6.07, 6.45) is 2.35. The average Bonchev–Trinajstić information content (AvgIpc) is 3.42. The summed E-state index contributed by atoms with van der Waals surface area (Å²) in [7, 11) is 4.23. The molecule has 0 aromatic heterocycles. The van der Waals surface area contributed by atoms with Gasteiger partial charge in [-0.15, -0.1) is 0 Å². The maximum absolute atomic E-state index is 12.6. The summed E-state index contributed by atoms with van der Waals surface area (Å²) in [6.45, 7) is 2.05. The monoisotopic (exact) mass is 417 g/mol. The molecule has 1 heterocycles. The molecule has 2 aromatic rings. The normalized spacial score (nSPS) is 19.0. The van der Waals surface area contributed by atoms with Crippen LogP contribution in [0.1, 0.15) is 29.6 Å². The molecule has 0 bridgehead atoms. The predicted octanol–water partition coefficient (Wildman–Crippen LogP) is 3.32. The number of amides is 2. The largest absolute Gasteiger partial charge is 0.370 e. The molecule has 7 heteroatoms. The van der Waals surface area contributed by atoms with E-state index in [0.717, 1.165) is 30.9 Å². The van der Waals surface area contributed by atoms with Crippen molar-refractivity contribution in [3.8, 4) is 6.07 Å².